The van der Waals surface area contributed by atoms with Gasteiger partial charge in [-0.15, -0.1) is 0 Å². The number of H-pyrrole nitrogens is 1. The smallest absolute Gasteiger partial charge is 0.410 e. The Morgan fingerprint density at radius 2 is 1.93 bits per heavy atom. The molecule has 1 saturated heterocycles. The van der Waals surface area contributed by atoms with Gasteiger partial charge >= 0.3 is 6.09 Å². The normalized spacial score (nSPS) is 15.6. The van der Waals surface area contributed by atoms with Crippen LogP contribution in [0.1, 0.15) is 43.4 Å². The highest BCUT2D eigenvalue weighted by Crippen LogP contribution is 2.20. The lowest BCUT2D eigenvalue weighted by atomic mass is 10.2. The van der Waals surface area contributed by atoms with Gasteiger partial charge in [-0.2, -0.15) is 0 Å². The zero-order valence-corrected chi connectivity index (χ0v) is 17.4. The monoisotopic (exact) mass is 423 g/mol. The number of nitrogens with zero attached hydrogens (tertiary/aromatic N) is 3. The van der Waals surface area contributed by atoms with Crippen LogP contribution in [0.5, 0.6) is 0 Å². The average molecular weight is 423 g/mol. The highest BCUT2D eigenvalue weighted by molar-refractivity contribution is 5.97. The van der Waals surface area contributed by atoms with E-state index in [4.69, 9.17) is 4.74 Å². The van der Waals surface area contributed by atoms with Crippen LogP contribution in [0.25, 0.3) is 11.0 Å². The van der Waals surface area contributed by atoms with E-state index in [2.05, 4.69) is 20.2 Å². The van der Waals surface area contributed by atoms with Gasteiger partial charge in [-0.05, 0) is 39.0 Å². The third kappa shape index (κ3) is 5.65. The standard InChI is InChI=1S/C20H27F2N5O3/c1-20(2,3)30-19(29)27-10-8-26(9-11-27)7-6-23-18(28)13-4-5-14-15(12-13)25-17(24-14)16(21)22/h4-5,12,16H,6-11H2,1-3H3,(H,23,28)(H,24,25). The average Bonchev–Trinajstić information content (AvgIpc) is 3.11. The second-order valence-electron chi connectivity index (χ2n) is 8.22. The van der Waals surface area contributed by atoms with E-state index in [1.807, 2.05) is 20.8 Å². The van der Waals surface area contributed by atoms with Crippen molar-refractivity contribution in [1.29, 1.82) is 0 Å². The number of benzene rings is 1. The van der Waals surface area contributed by atoms with Gasteiger partial charge in [-0.3, -0.25) is 9.69 Å². The molecule has 0 spiro atoms. The first-order valence-corrected chi connectivity index (χ1v) is 9.89. The van der Waals surface area contributed by atoms with Gasteiger partial charge in [0.1, 0.15) is 5.60 Å². The number of piperazine rings is 1. The Morgan fingerprint density at radius 3 is 2.57 bits per heavy atom. The molecule has 0 saturated carbocycles. The van der Waals surface area contributed by atoms with E-state index >= 15 is 0 Å². The van der Waals surface area contributed by atoms with E-state index in [9.17, 15) is 18.4 Å². The minimum Gasteiger partial charge on any atom is -0.444 e. The van der Waals surface area contributed by atoms with E-state index in [0.29, 0.717) is 55.9 Å². The number of imidazole rings is 1. The Balaban J connectivity index is 1.44. The molecule has 8 nitrogen and oxygen atoms in total. The molecule has 2 heterocycles. The first-order chi connectivity index (χ1) is 14.1. The SMILES string of the molecule is CC(C)(C)OC(=O)N1CCN(CCNC(=O)c2ccc3nc(C(F)F)[nH]c3c2)CC1. The fourth-order valence-corrected chi connectivity index (χ4v) is 3.18. The number of amides is 2. The van der Waals surface area contributed by atoms with Gasteiger partial charge in [-0.1, -0.05) is 0 Å². The number of alkyl halides is 2. The summed E-state index contributed by atoms with van der Waals surface area (Å²) in [6, 6.07) is 4.62. The molecule has 30 heavy (non-hydrogen) atoms. The van der Waals surface area contributed by atoms with Crippen molar-refractivity contribution in [3.63, 3.8) is 0 Å². The van der Waals surface area contributed by atoms with Gasteiger partial charge in [0.05, 0.1) is 11.0 Å². The van der Waals surface area contributed by atoms with Gasteiger partial charge < -0.3 is 19.9 Å². The van der Waals surface area contributed by atoms with Crippen LogP contribution in [0.2, 0.25) is 0 Å². The van der Waals surface area contributed by atoms with Crippen LogP contribution < -0.4 is 5.32 Å². The van der Waals surface area contributed by atoms with Crippen molar-refractivity contribution in [2.24, 2.45) is 0 Å². The molecule has 1 aliphatic heterocycles. The number of ether oxygens (including phenoxy) is 1. The van der Waals surface area contributed by atoms with Crippen LogP contribution in [-0.2, 0) is 4.74 Å². The number of nitrogens with one attached hydrogen (secondary N) is 2. The molecule has 2 amide bonds. The molecule has 1 aromatic heterocycles. The third-order valence-electron chi connectivity index (χ3n) is 4.71. The molecule has 0 unspecified atom stereocenters. The molecular weight excluding hydrogens is 396 g/mol. The molecule has 0 radical (unpaired) electrons. The Kier molecular flexibility index (Phi) is 6.55. The van der Waals surface area contributed by atoms with Crippen molar-refractivity contribution < 1.29 is 23.1 Å². The minimum absolute atomic E-state index is 0.280. The number of carbonyl (C=O) groups is 2. The largest absolute Gasteiger partial charge is 0.444 e. The fourth-order valence-electron chi connectivity index (χ4n) is 3.18. The maximum atomic E-state index is 12.7. The van der Waals surface area contributed by atoms with Crippen molar-refractivity contribution >= 4 is 23.0 Å². The summed E-state index contributed by atoms with van der Waals surface area (Å²) in [5.74, 6) is -0.689. The lowest BCUT2D eigenvalue weighted by Gasteiger charge is -2.35. The number of fused-ring (bicyclic) bond motifs is 1. The summed E-state index contributed by atoms with van der Waals surface area (Å²) in [4.78, 5) is 34.6. The number of halogens is 2. The minimum atomic E-state index is -2.69. The van der Waals surface area contributed by atoms with Crippen molar-refractivity contribution in [1.82, 2.24) is 25.1 Å². The number of hydrogen-bond donors (Lipinski definition) is 2. The Hall–Kier alpha value is -2.75. The van der Waals surface area contributed by atoms with Crippen LogP contribution in [0.15, 0.2) is 18.2 Å². The molecule has 2 N–H and O–H groups in total. The van der Waals surface area contributed by atoms with Crippen LogP contribution in [-0.4, -0.2) is 76.6 Å². The van der Waals surface area contributed by atoms with Gasteiger partial charge in [0.15, 0.2) is 5.82 Å². The fraction of sp³-hybridized carbons (Fsp3) is 0.550. The van der Waals surface area contributed by atoms with E-state index in [0.717, 1.165) is 0 Å². The second kappa shape index (κ2) is 8.95. The summed E-state index contributed by atoms with van der Waals surface area (Å²) in [6.45, 7) is 9.15. The molecule has 1 fully saturated rings. The molecule has 2 aromatic rings. The van der Waals surface area contributed by atoms with Gasteiger partial charge in [-0.25, -0.2) is 18.6 Å². The second-order valence-corrected chi connectivity index (χ2v) is 8.22. The topological polar surface area (TPSA) is 90.6 Å². The van der Waals surface area contributed by atoms with Crippen molar-refractivity contribution in [2.45, 2.75) is 32.8 Å². The van der Waals surface area contributed by atoms with Crippen LogP contribution >= 0.6 is 0 Å². The maximum absolute atomic E-state index is 12.7. The lowest BCUT2D eigenvalue weighted by molar-refractivity contribution is 0.0147. The van der Waals surface area contributed by atoms with Crippen molar-refractivity contribution in [2.75, 3.05) is 39.3 Å². The first-order valence-electron chi connectivity index (χ1n) is 9.89. The molecule has 3 rings (SSSR count). The number of rotatable bonds is 5. The van der Waals surface area contributed by atoms with E-state index < -0.39 is 17.9 Å². The molecule has 0 atom stereocenters. The summed E-state index contributed by atoms with van der Waals surface area (Å²) < 4.78 is 30.9. The molecule has 164 valence electrons. The Labute approximate surface area is 173 Å². The molecule has 0 bridgehead atoms. The highest BCUT2D eigenvalue weighted by Gasteiger charge is 2.25. The molecular formula is C20H27F2N5O3. The van der Waals surface area contributed by atoms with Gasteiger partial charge in [0.2, 0.25) is 0 Å². The first kappa shape index (κ1) is 21.9. The summed E-state index contributed by atoms with van der Waals surface area (Å²) in [5, 5.41) is 2.84. The van der Waals surface area contributed by atoms with Crippen molar-refractivity contribution in [3.8, 4) is 0 Å². The Morgan fingerprint density at radius 1 is 1.23 bits per heavy atom. The quantitative estimate of drug-likeness (QED) is 0.772. The number of hydrogen-bond acceptors (Lipinski definition) is 5. The molecule has 1 aliphatic rings. The van der Waals surface area contributed by atoms with Crippen LogP contribution in [0, 0.1) is 0 Å². The highest BCUT2D eigenvalue weighted by atomic mass is 19.3. The maximum Gasteiger partial charge on any atom is 0.410 e. The molecule has 10 heteroatoms. The van der Waals surface area contributed by atoms with E-state index in [1.165, 1.54) is 6.07 Å². The number of carbonyl (C=O) groups excluding carboxylic acids is 2. The zero-order chi connectivity index (χ0) is 21.9. The predicted octanol–water partition coefficient (Wildman–Crippen LogP) is 2.78. The molecule has 1 aromatic carbocycles. The van der Waals surface area contributed by atoms with Gasteiger partial charge in [0.25, 0.3) is 12.3 Å². The predicted molar refractivity (Wildman–Crippen MR) is 108 cm³/mol. The number of aromatic amines is 1. The van der Waals surface area contributed by atoms with Crippen LogP contribution in [0.3, 0.4) is 0 Å². The third-order valence-corrected chi connectivity index (χ3v) is 4.71. The van der Waals surface area contributed by atoms with E-state index in [-0.39, 0.29) is 12.0 Å². The van der Waals surface area contributed by atoms with E-state index in [1.54, 1.807) is 17.0 Å². The number of aromatic nitrogens is 2. The lowest BCUT2D eigenvalue weighted by Crippen LogP contribution is -2.51. The Bertz CT molecular complexity index is 901. The summed E-state index contributed by atoms with van der Waals surface area (Å²) in [5.41, 5.74) is 0.654. The van der Waals surface area contributed by atoms with Crippen molar-refractivity contribution in [3.05, 3.63) is 29.6 Å². The van der Waals surface area contributed by atoms with Gasteiger partial charge in [0, 0.05) is 44.8 Å². The summed E-state index contributed by atoms with van der Waals surface area (Å²) in [7, 11) is 0. The zero-order valence-electron chi connectivity index (χ0n) is 17.4. The summed E-state index contributed by atoms with van der Waals surface area (Å²) >= 11 is 0. The van der Waals surface area contributed by atoms with Crippen LogP contribution in [0.4, 0.5) is 13.6 Å². The molecule has 0 aliphatic carbocycles. The summed E-state index contributed by atoms with van der Waals surface area (Å²) in [6.07, 6.45) is -3.00.